The number of amides is 1. The van der Waals surface area contributed by atoms with Gasteiger partial charge in [-0.1, -0.05) is 11.6 Å². The number of hydrogen-bond acceptors (Lipinski definition) is 3. The van der Waals surface area contributed by atoms with Crippen LogP contribution in [0.4, 0.5) is 5.69 Å². The van der Waals surface area contributed by atoms with E-state index in [2.05, 4.69) is 15.3 Å². The molecule has 0 saturated heterocycles. The Bertz CT molecular complexity index is 540. The summed E-state index contributed by atoms with van der Waals surface area (Å²) in [5.41, 5.74) is 2.10. The van der Waals surface area contributed by atoms with Crippen LogP contribution in [0, 0.1) is 6.92 Å². The Morgan fingerprint density at radius 2 is 2.12 bits per heavy atom. The minimum absolute atomic E-state index is 0.235. The van der Waals surface area contributed by atoms with Crippen LogP contribution in [0.2, 0.25) is 5.15 Å². The Kier molecular flexibility index (Phi) is 3.35. The van der Waals surface area contributed by atoms with E-state index in [0.29, 0.717) is 16.4 Å². The Morgan fingerprint density at radius 3 is 2.76 bits per heavy atom. The summed E-state index contributed by atoms with van der Waals surface area (Å²) in [4.78, 5) is 19.7. The second-order valence-corrected chi connectivity index (χ2v) is 3.96. The summed E-state index contributed by atoms with van der Waals surface area (Å²) in [6, 6.07) is 5.03. The van der Waals surface area contributed by atoms with Crippen LogP contribution in [0.15, 0.2) is 36.8 Å². The zero-order valence-electron chi connectivity index (χ0n) is 9.14. The van der Waals surface area contributed by atoms with Crippen molar-refractivity contribution >= 4 is 23.2 Å². The lowest BCUT2D eigenvalue weighted by atomic mass is 10.2. The third-order valence-electron chi connectivity index (χ3n) is 2.12. The van der Waals surface area contributed by atoms with Crippen LogP contribution in [-0.4, -0.2) is 15.9 Å². The Hall–Kier alpha value is -1.94. The molecule has 0 aliphatic carbocycles. The molecule has 5 heteroatoms. The topological polar surface area (TPSA) is 54.9 Å². The minimum Gasteiger partial charge on any atom is -0.321 e. The lowest BCUT2D eigenvalue weighted by molar-refractivity contribution is 0.102. The molecular formula is C12H10ClN3O. The van der Waals surface area contributed by atoms with Crippen molar-refractivity contribution in [3.63, 3.8) is 0 Å². The molecule has 1 amide bonds. The van der Waals surface area contributed by atoms with Crippen molar-refractivity contribution in [2.45, 2.75) is 6.92 Å². The van der Waals surface area contributed by atoms with E-state index in [-0.39, 0.29) is 5.91 Å². The molecule has 86 valence electrons. The van der Waals surface area contributed by atoms with Crippen LogP contribution in [0.5, 0.6) is 0 Å². The van der Waals surface area contributed by atoms with Crippen LogP contribution in [0.3, 0.4) is 0 Å². The summed E-state index contributed by atoms with van der Waals surface area (Å²) in [6.45, 7) is 1.91. The van der Waals surface area contributed by atoms with E-state index in [4.69, 9.17) is 11.6 Å². The summed E-state index contributed by atoms with van der Waals surface area (Å²) >= 11 is 5.64. The fourth-order valence-corrected chi connectivity index (χ4v) is 1.45. The smallest absolute Gasteiger partial charge is 0.257 e. The molecule has 1 N–H and O–H groups in total. The van der Waals surface area contributed by atoms with Gasteiger partial charge in [0.15, 0.2) is 0 Å². The fourth-order valence-electron chi connectivity index (χ4n) is 1.34. The molecule has 0 radical (unpaired) electrons. The molecule has 17 heavy (non-hydrogen) atoms. The maximum Gasteiger partial charge on any atom is 0.257 e. The van der Waals surface area contributed by atoms with Gasteiger partial charge < -0.3 is 5.32 Å². The second kappa shape index (κ2) is 4.93. The lowest BCUT2D eigenvalue weighted by Gasteiger charge is -2.05. The van der Waals surface area contributed by atoms with Crippen molar-refractivity contribution in [1.82, 2.24) is 9.97 Å². The van der Waals surface area contributed by atoms with Crippen molar-refractivity contribution in [2.75, 3.05) is 5.32 Å². The van der Waals surface area contributed by atoms with Gasteiger partial charge in [0.25, 0.3) is 5.91 Å². The van der Waals surface area contributed by atoms with Crippen LogP contribution >= 0.6 is 11.6 Å². The molecule has 0 unspecified atom stereocenters. The molecule has 0 bridgehead atoms. The zero-order valence-corrected chi connectivity index (χ0v) is 9.90. The number of halogens is 1. The van der Waals surface area contributed by atoms with Gasteiger partial charge in [-0.15, -0.1) is 0 Å². The van der Waals surface area contributed by atoms with E-state index in [1.54, 1.807) is 24.5 Å². The summed E-state index contributed by atoms with van der Waals surface area (Å²) in [7, 11) is 0. The summed E-state index contributed by atoms with van der Waals surface area (Å²) < 4.78 is 0. The van der Waals surface area contributed by atoms with E-state index in [1.165, 1.54) is 6.20 Å². The van der Waals surface area contributed by atoms with Crippen LogP contribution in [0.25, 0.3) is 0 Å². The first-order chi connectivity index (χ1) is 8.15. The number of hydrogen-bond donors (Lipinski definition) is 1. The van der Waals surface area contributed by atoms with Crippen molar-refractivity contribution in [1.29, 1.82) is 0 Å². The van der Waals surface area contributed by atoms with E-state index in [9.17, 15) is 4.79 Å². The number of nitrogens with one attached hydrogen (secondary N) is 1. The van der Waals surface area contributed by atoms with Gasteiger partial charge in [-0.05, 0) is 30.7 Å². The zero-order chi connectivity index (χ0) is 12.3. The first-order valence-corrected chi connectivity index (χ1v) is 5.37. The molecule has 2 rings (SSSR count). The quantitative estimate of drug-likeness (QED) is 0.830. The largest absolute Gasteiger partial charge is 0.321 e. The average molecular weight is 248 g/mol. The third kappa shape index (κ3) is 3.01. The van der Waals surface area contributed by atoms with Crippen LogP contribution in [0.1, 0.15) is 15.9 Å². The summed E-state index contributed by atoms with van der Waals surface area (Å²) in [5.74, 6) is -0.235. The molecule has 0 atom stereocenters. The molecule has 0 aromatic carbocycles. The molecule has 2 aromatic rings. The summed E-state index contributed by atoms with van der Waals surface area (Å²) in [6.07, 6.45) is 4.74. The van der Waals surface area contributed by atoms with Gasteiger partial charge in [-0.2, -0.15) is 0 Å². The highest BCUT2D eigenvalue weighted by Crippen LogP contribution is 2.10. The van der Waals surface area contributed by atoms with Gasteiger partial charge in [0, 0.05) is 12.4 Å². The monoisotopic (exact) mass is 247 g/mol. The Labute approximate surface area is 104 Å². The number of pyridine rings is 2. The van der Waals surface area contributed by atoms with Gasteiger partial charge in [0.1, 0.15) is 5.15 Å². The molecular weight excluding hydrogens is 238 g/mol. The molecule has 4 nitrogen and oxygen atoms in total. The van der Waals surface area contributed by atoms with Crippen LogP contribution < -0.4 is 5.32 Å². The molecule has 0 aliphatic heterocycles. The highest BCUT2D eigenvalue weighted by molar-refractivity contribution is 6.29. The number of carbonyl (C=O) groups excluding carboxylic acids is 1. The standard InChI is InChI=1S/C12H10ClN3O/c1-8-4-10(7-14-5-8)16-12(17)9-2-3-11(13)15-6-9/h2-7H,1H3,(H,16,17). The number of nitrogens with zero attached hydrogens (tertiary/aromatic N) is 2. The Balaban J connectivity index is 2.14. The van der Waals surface area contributed by atoms with E-state index < -0.39 is 0 Å². The van der Waals surface area contributed by atoms with Crippen LogP contribution in [-0.2, 0) is 0 Å². The Morgan fingerprint density at radius 1 is 1.29 bits per heavy atom. The van der Waals surface area contributed by atoms with Gasteiger partial charge in [0.05, 0.1) is 17.4 Å². The maximum absolute atomic E-state index is 11.8. The van der Waals surface area contributed by atoms with Crippen molar-refractivity contribution in [3.05, 3.63) is 53.1 Å². The highest BCUT2D eigenvalue weighted by Gasteiger charge is 2.06. The average Bonchev–Trinajstić information content (AvgIpc) is 2.29. The van der Waals surface area contributed by atoms with Gasteiger partial charge in [0.2, 0.25) is 0 Å². The van der Waals surface area contributed by atoms with Crippen molar-refractivity contribution in [2.24, 2.45) is 0 Å². The van der Waals surface area contributed by atoms with Gasteiger partial charge in [-0.3, -0.25) is 9.78 Å². The predicted molar refractivity (Wildman–Crippen MR) is 66.2 cm³/mol. The number of aryl methyl sites for hydroxylation is 1. The van der Waals surface area contributed by atoms with Crippen molar-refractivity contribution in [3.8, 4) is 0 Å². The summed E-state index contributed by atoms with van der Waals surface area (Å²) in [5, 5.41) is 3.09. The van der Waals surface area contributed by atoms with E-state index in [0.717, 1.165) is 5.56 Å². The first kappa shape index (κ1) is 11.5. The number of rotatable bonds is 2. The number of aromatic nitrogens is 2. The number of carbonyl (C=O) groups is 1. The fraction of sp³-hybridized carbons (Fsp3) is 0.0833. The normalized spacial score (nSPS) is 10.0. The van der Waals surface area contributed by atoms with Gasteiger partial charge in [-0.25, -0.2) is 4.98 Å². The third-order valence-corrected chi connectivity index (χ3v) is 2.35. The number of anilines is 1. The predicted octanol–water partition coefficient (Wildman–Crippen LogP) is 2.69. The van der Waals surface area contributed by atoms with Crippen molar-refractivity contribution < 1.29 is 4.79 Å². The van der Waals surface area contributed by atoms with E-state index in [1.807, 2.05) is 13.0 Å². The molecule has 0 fully saturated rings. The van der Waals surface area contributed by atoms with E-state index >= 15 is 0 Å². The molecule has 2 heterocycles. The second-order valence-electron chi connectivity index (χ2n) is 3.57. The first-order valence-electron chi connectivity index (χ1n) is 5.00. The molecule has 0 saturated carbocycles. The molecule has 0 aliphatic rings. The lowest BCUT2D eigenvalue weighted by Crippen LogP contribution is -2.12. The maximum atomic E-state index is 11.8. The highest BCUT2D eigenvalue weighted by atomic mass is 35.5. The molecule has 0 spiro atoms. The molecule has 2 aromatic heterocycles. The SMILES string of the molecule is Cc1cncc(NC(=O)c2ccc(Cl)nc2)c1. The van der Waals surface area contributed by atoms with Gasteiger partial charge >= 0.3 is 0 Å². The minimum atomic E-state index is -0.235.